The molecule has 2 aliphatic rings. The van der Waals surface area contributed by atoms with E-state index < -0.39 is 20.8 Å². The molecule has 0 aliphatic carbocycles. The first kappa shape index (κ1) is 31.5. The second-order valence-electron chi connectivity index (χ2n) is 10.3. The SMILES string of the molecule is COc1cc(C(=O)NC2CCN(C)CC2)c(Cl)cc1Nc1ncc(Cl)c(OS2=C(N(C)S(C)(=O)=O)c3ccccc3C2)n1. The molecular weight excluding hydrogens is 635 g/mol. The highest BCUT2D eigenvalue weighted by Gasteiger charge is 2.30. The standard InChI is InChI=1S/C28H32Cl2N6O5S2/c1-35-11-9-18(10-12-35)32-25(37)20-13-24(40-3)23(14-21(20)29)33-28-31-15-22(30)26(34-28)41-42-16-17-7-5-6-8-19(17)27(42)36(2)43(4,38)39/h5-8,13-15,18H,9-12,16H2,1-4H3,(H,32,37)(H,31,33,34). The van der Waals surface area contributed by atoms with Crippen molar-refractivity contribution < 1.29 is 22.1 Å². The van der Waals surface area contributed by atoms with Gasteiger partial charge in [-0.2, -0.15) is 9.29 Å². The maximum absolute atomic E-state index is 13.0. The van der Waals surface area contributed by atoms with Crippen LogP contribution in [-0.4, -0.2) is 85.1 Å². The number of aromatic nitrogens is 2. The summed E-state index contributed by atoms with van der Waals surface area (Å²) in [5.74, 6) is 0.758. The fraction of sp³-hybridized carbons (Fsp3) is 0.357. The van der Waals surface area contributed by atoms with Gasteiger partial charge < -0.3 is 24.5 Å². The number of benzene rings is 2. The number of hydrogen-bond acceptors (Lipinski definition) is 9. The molecule has 1 atom stereocenters. The largest absolute Gasteiger partial charge is 0.495 e. The van der Waals surface area contributed by atoms with Crippen molar-refractivity contribution in [3.05, 3.63) is 69.3 Å². The molecular formula is C28H32Cl2N6O5S2. The second kappa shape index (κ2) is 13.0. The molecule has 2 aliphatic heterocycles. The van der Waals surface area contributed by atoms with E-state index in [0.29, 0.717) is 27.7 Å². The molecule has 1 unspecified atom stereocenters. The normalized spacial score (nSPS) is 17.6. The van der Waals surface area contributed by atoms with E-state index in [1.165, 1.54) is 24.7 Å². The number of halogens is 2. The molecule has 0 radical (unpaired) electrons. The van der Waals surface area contributed by atoms with Gasteiger partial charge in [-0.05, 0) is 50.7 Å². The molecule has 1 amide bonds. The van der Waals surface area contributed by atoms with Crippen molar-refractivity contribution >= 4 is 66.5 Å². The molecule has 3 heterocycles. The molecule has 2 aromatic carbocycles. The third-order valence-electron chi connectivity index (χ3n) is 7.26. The Labute approximate surface area is 263 Å². The van der Waals surface area contributed by atoms with E-state index in [1.54, 1.807) is 12.1 Å². The van der Waals surface area contributed by atoms with Crippen molar-refractivity contribution in [2.45, 2.75) is 24.6 Å². The molecule has 15 heteroatoms. The van der Waals surface area contributed by atoms with Crippen LogP contribution < -0.4 is 19.6 Å². The van der Waals surface area contributed by atoms with Crippen LogP contribution in [0.2, 0.25) is 10.0 Å². The molecule has 43 heavy (non-hydrogen) atoms. The highest BCUT2D eigenvalue weighted by Crippen LogP contribution is 2.40. The zero-order valence-electron chi connectivity index (χ0n) is 24.1. The number of ether oxygens (including phenoxy) is 1. The Kier molecular flexibility index (Phi) is 9.49. The Morgan fingerprint density at radius 3 is 2.58 bits per heavy atom. The van der Waals surface area contributed by atoms with Crippen LogP contribution in [-0.2, 0) is 15.8 Å². The number of anilines is 2. The van der Waals surface area contributed by atoms with E-state index in [-0.39, 0.29) is 33.8 Å². The minimum Gasteiger partial charge on any atom is -0.495 e. The summed E-state index contributed by atoms with van der Waals surface area (Å²) in [7, 11) is 0.479. The number of nitrogens with zero attached hydrogens (tertiary/aromatic N) is 4. The summed E-state index contributed by atoms with van der Waals surface area (Å²) in [4.78, 5) is 24.5. The number of fused-ring (bicyclic) bond motifs is 1. The first-order valence-electron chi connectivity index (χ1n) is 13.4. The number of carbonyl (C=O) groups is 1. The van der Waals surface area contributed by atoms with Crippen molar-refractivity contribution in [2.75, 3.05) is 45.9 Å². The maximum atomic E-state index is 13.0. The quantitative estimate of drug-likeness (QED) is 0.334. The molecule has 3 aromatic rings. The fourth-order valence-electron chi connectivity index (χ4n) is 4.82. The number of methoxy groups -OCH3 is 1. The highest BCUT2D eigenvalue weighted by atomic mass is 35.5. The highest BCUT2D eigenvalue weighted by molar-refractivity contribution is 8.12. The van der Waals surface area contributed by atoms with Gasteiger partial charge in [0.2, 0.25) is 16.0 Å². The summed E-state index contributed by atoms with van der Waals surface area (Å²) in [5.41, 5.74) is 2.47. The number of nitrogens with one attached hydrogen (secondary N) is 2. The number of sulfonamides is 1. The predicted molar refractivity (Wildman–Crippen MR) is 171 cm³/mol. The van der Waals surface area contributed by atoms with Crippen molar-refractivity contribution in [2.24, 2.45) is 0 Å². The molecule has 0 saturated carbocycles. The number of carbonyl (C=O) groups excluding carboxylic acids is 1. The van der Waals surface area contributed by atoms with Gasteiger partial charge >= 0.3 is 0 Å². The minimum absolute atomic E-state index is 0.0767. The van der Waals surface area contributed by atoms with E-state index in [9.17, 15) is 13.2 Å². The lowest BCUT2D eigenvalue weighted by atomic mass is 10.0. The van der Waals surface area contributed by atoms with Crippen LogP contribution in [0, 0.1) is 0 Å². The minimum atomic E-state index is -3.56. The van der Waals surface area contributed by atoms with Crippen LogP contribution in [0.3, 0.4) is 0 Å². The zero-order chi connectivity index (χ0) is 30.9. The van der Waals surface area contributed by atoms with E-state index in [4.69, 9.17) is 32.1 Å². The van der Waals surface area contributed by atoms with Crippen LogP contribution in [0.25, 0.3) is 0 Å². The van der Waals surface area contributed by atoms with E-state index in [1.807, 2.05) is 24.3 Å². The smallest absolute Gasteiger partial charge is 0.253 e. The summed E-state index contributed by atoms with van der Waals surface area (Å²) in [5, 5.41) is 6.52. The Morgan fingerprint density at radius 2 is 1.88 bits per heavy atom. The summed E-state index contributed by atoms with van der Waals surface area (Å²) in [6.07, 6.45) is 4.26. The Bertz CT molecular complexity index is 1700. The molecule has 2 N–H and O–H groups in total. The lowest BCUT2D eigenvalue weighted by molar-refractivity contribution is 0.0916. The molecule has 1 fully saturated rings. The van der Waals surface area contributed by atoms with Gasteiger partial charge in [0.05, 0.1) is 46.6 Å². The maximum Gasteiger partial charge on any atom is 0.253 e. The first-order chi connectivity index (χ1) is 20.4. The van der Waals surface area contributed by atoms with Crippen LogP contribution >= 0.6 is 34.0 Å². The van der Waals surface area contributed by atoms with E-state index in [0.717, 1.165) is 43.3 Å². The average molecular weight is 668 g/mol. The lowest BCUT2D eigenvalue weighted by Crippen LogP contribution is -2.43. The van der Waals surface area contributed by atoms with Gasteiger partial charge in [-0.15, -0.1) is 0 Å². The number of rotatable bonds is 8. The summed E-state index contributed by atoms with van der Waals surface area (Å²) >= 11 is 13.0. The Morgan fingerprint density at radius 1 is 1.16 bits per heavy atom. The van der Waals surface area contributed by atoms with Crippen LogP contribution in [0.15, 0.2) is 42.6 Å². The van der Waals surface area contributed by atoms with Gasteiger partial charge in [0.1, 0.15) is 10.8 Å². The lowest BCUT2D eigenvalue weighted by Gasteiger charge is -2.29. The van der Waals surface area contributed by atoms with Crippen molar-refractivity contribution in [1.82, 2.24) is 24.5 Å². The molecule has 0 spiro atoms. The van der Waals surface area contributed by atoms with Gasteiger partial charge in [-0.3, -0.25) is 4.79 Å². The third-order valence-corrected chi connectivity index (χ3v) is 11.0. The van der Waals surface area contributed by atoms with E-state index >= 15 is 0 Å². The molecule has 5 rings (SSSR count). The molecule has 0 bridgehead atoms. The Hall–Kier alpha value is -2.94. The van der Waals surface area contributed by atoms with Crippen molar-refractivity contribution in [3.63, 3.8) is 0 Å². The average Bonchev–Trinajstić information content (AvgIpc) is 3.32. The van der Waals surface area contributed by atoms with E-state index in [2.05, 4.69) is 32.5 Å². The summed E-state index contributed by atoms with van der Waals surface area (Å²) in [6.45, 7) is 1.83. The number of likely N-dealkylation sites (tertiary alicyclic amines) is 1. The zero-order valence-corrected chi connectivity index (χ0v) is 27.2. The van der Waals surface area contributed by atoms with Crippen LogP contribution in [0.1, 0.15) is 34.3 Å². The monoisotopic (exact) mass is 666 g/mol. The Balaban J connectivity index is 1.39. The summed E-state index contributed by atoms with van der Waals surface area (Å²) < 4.78 is 38.0. The van der Waals surface area contributed by atoms with Gasteiger partial charge in [0, 0.05) is 29.4 Å². The van der Waals surface area contributed by atoms with Gasteiger partial charge in [0.15, 0.2) is 0 Å². The first-order valence-corrected chi connectivity index (χ1v) is 17.3. The van der Waals surface area contributed by atoms with Gasteiger partial charge in [0.25, 0.3) is 11.8 Å². The molecule has 11 nitrogen and oxygen atoms in total. The predicted octanol–water partition coefficient (Wildman–Crippen LogP) is 4.51. The van der Waals surface area contributed by atoms with Crippen molar-refractivity contribution in [1.29, 1.82) is 0 Å². The number of amides is 1. The fourth-order valence-corrected chi connectivity index (χ4v) is 8.15. The van der Waals surface area contributed by atoms with Gasteiger partial charge in [-0.25, -0.2) is 13.4 Å². The summed E-state index contributed by atoms with van der Waals surface area (Å²) in [6, 6.07) is 10.8. The number of hydrogen-bond donors (Lipinski definition) is 2. The topological polar surface area (TPSA) is 126 Å². The molecule has 230 valence electrons. The van der Waals surface area contributed by atoms with Crippen LogP contribution in [0.5, 0.6) is 11.6 Å². The third kappa shape index (κ3) is 7.08. The van der Waals surface area contributed by atoms with Gasteiger partial charge in [-0.1, -0.05) is 47.5 Å². The van der Waals surface area contributed by atoms with Crippen molar-refractivity contribution in [3.8, 4) is 11.6 Å². The molecule has 1 saturated heterocycles. The molecule has 1 aromatic heterocycles. The van der Waals surface area contributed by atoms with Crippen LogP contribution in [0.4, 0.5) is 11.6 Å². The number of piperidine rings is 1. The second-order valence-corrected chi connectivity index (χ2v) is 14.7.